The zero-order chi connectivity index (χ0) is 16.4. The second-order valence-electron chi connectivity index (χ2n) is 5.09. The molecule has 0 saturated heterocycles. The highest BCUT2D eigenvalue weighted by Gasteiger charge is 2.10. The van der Waals surface area contributed by atoms with Crippen LogP contribution in [0.3, 0.4) is 0 Å². The molecule has 3 nitrogen and oxygen atoms in total. The van der Waals surface area contributed by atoms with Gasteiger partial charge in [0.25, 0.3) is 0 Å². The number of nitrogens with one attached hydrogen (secondary N) is 1. The van der Waals surface area contributed by atoms with E-state index in [2.05, 4.69) is 10.3 Å². The molecular formula is C17H14Cl2FN3. The van der Waals surface area contributed by atoms with Crippen LogP contribution in [0.2, 0.25) is 10.0 Å². The maximum absolute atomic E-state index is 13.0. The summed E-state index contributed by atoms with van der Waals surface area (Å²) in [7, 11) is 1.89. The van der Waals surface area contributed by atoms with E-state index in [4.69, 9.17) is 23.2 Å². The summed E-state index contributed by atoms with van der Waals surface area (Å²) < 4.78 is 14.9. The summed E-state index contributed by atoms with van der Waals surface area (Å²) in [5, 5.41) is 4.44. The molecule has 0 aliphatic heterocycles. The Hall–Kier alpha value is -2.04. The summed E-state index contributed by atoms with van der Waals surface area (Å²) in [6.45, 7) is 0.465. The van der Waals surface area contributed by atoms with Crippen LogP contribution in [0.25, 0.3) is 11.3 Å². The number of anilines is 1. The van der Waals surface area contributed by atoms with E-state index in [0.29, 0.717) is 22.5 Å². The molecule has 0 aliphatic rings. The minimum absolute atomic E-state index is 0.261. The monoisotopic (exact) mass is 349 g/mol. The third-order valence-electron chi connectivity index (χ3n) is 3.61. The molecule has 3 aromatic rings. The summed E-state index contributed by atoms with van der Waals surface area (Å²) in [5.74, 6) is 0.419. The Morgan fingerprint density at radius 3 is 2.39 bits per heavy atom. The Morgan fingerprint density at radius 2 is 1.74 bits per heavy atom. The van der Waals surface area contributed by atoms with Crippen molar-refractivity contribution in [3.8, 4) is 11.3 Å². The lowest BCUT2D eigenvalue weighted by molar-refractivity contribution is 0.628. The number of hydrogen-bond acceptors (Lipinski definition) is 2. The minimum atomic E-state index is -0.261. The first kappa shape index (κ1) is 15.8. The van der Waals surface area contributed by atoms with Crippen LogP contribution in [0.1, 0.15) is 5.56 Å². The van der Waals surface area contributed by atoms with E-state index >= 15 is 0 Å². The van der Waals surface area contributed by atoms with Crippen LogP contribution in [0.15, 0.2) is 48.7 Å². The predicted octanol–water partition coefficient (Wildman–Crippen LogP) is 5.15. The van der Waals surface area contributed by atoms with Gasteiger partial charge < -0.3 is 9.88 Å². The molecule has 0 radical (unpaired) electrons. The van der Waals surface area contributed by atoms with Gasteiger partial charge in [0.2, 0.25) is 5.95 Å². The average Bonchev–Trinajstić information content (AvgIpc) is 2.89. The highest BCUT2D eigenvalue weighted by atomic mass is 35.5. The summed E-state index contributed by atoms with van der Waals surface area (Å²) in [5.41, 5.74) is 2.60. The van der Waals surface area contributed by atoms with E-state index in [-0.39, 0.29) is 5.82 Å². The van der Waals surface area contributed by atoms with Crippen molar-refractivity contribution in [2.75, 3.05) is 5.32 Å². The summed E-state index contributed by atoms with van der Waals surface area (Å²) in [6.07, 6.45) is 1.74. The molecule has 0 bridgehead atoms. The minimum Gasteiger partial charge on any atom is -0.351 e. The third kappa shape index (κ3) is 3.33. The van der Waals surface area contributed by atoms with Gasteiger partial charge in [-0.1, -0.05) is 29.3 Å². The molecule has 0 saturated carbocycles. The van der Waals surface area contributed by atoms with Gasteiger partial charge >= 0.3 is 0 Å². The zero-order valence-corrected chi connectivity index (χ0v) is 13.9. The van der Waals surface area contributed by atoms with E-state index in [1.54, 1.807) is 30.5 Å². The van der Waals surface area contributed by atoms with Crippen LogP contribution in [0, 0.1) is 5.82 Å². The molecule has 1 aromatic heterocycles. The first-order valence-electron chi connectivity index (χ1n) is 7.00. The standard InChI is InChI=1S/C17H14Cl2FN3/c1-23-16(11-5-7-12(20)8-6-11)10-22-17(23)21-9-13-14(18)3-2-4-15(13)19/h2-8,10H,9H2,1H3,(H,21,22). The molecule has 1 heterocycles. The number of imidazole rings is 1. The van der Waals surface area contributed by atoms with Gasteiger partial charge in [-0.05, 0) is 36.4 Å². The third-order valence-corrected chi connectivity index (χ3v) is 4.32. The Bertz CT molecular complexity index is 808. The maximum atomic E-state index is 13.0. The number of benzene rings is 2. The van der Waals surface area contributed by atoms with E-state index in [1.165, 1.54) is 12.1 Å². The number of nitrogens with zero attached hydrogens (tertiary/aromatic N) is 2. The van der Waals surface area contributed by atoms with Gasteiger partial charge in [0, 0.05) is 34.8 Å². The molecule has 2 aromatic carbocycles. The topological polar surface area (TPSA) is 29.9 Å². The number of halogens is 3. The van der Waals surface area contributed by atoms with Gasteiger partial charge in [0.1, 0.15) is 5.82 Å². The molecule has 0 amide bonds. The first-order valence-corrected chi connectivity index (χ1v) is 7.76. The number of rotatable bonds is 4. The molecule has 0 atom stereocenters. The second kappa shape index (κ2) is 6.60. The number of hydrogen-bond donors (Lipinski definition) is 1. The van der Waals surface area contributed by atoms with Crippen molar-refractivity contribution in [2.24, 2.45) is 7.05 Å². The lowest BCUT2D eigenvalue weighted by Crippen LogP contribution is -2.06. The van der Waals surface area contributed by atoms with Crippen LogP contribution in [0.5, 0.6) is 0 Å². The van der Waals surface area contributed by atoms with Crippen LogP contribution < -0.4 is 5.32 Å². The molecule has 0 aliphatic carbocycles. The molecule has 1 N–H and O–H groups in total. The normalized spacial score (nSPS) is 10.8. The Balaban J connectivity index is 1.81. The predicted molar refractivity (Wildman–Crippen MR) is 92.4 cm³/mol. The van der Waals surface area contributed by atoms with Crippen molar-refractivity contribution < 1.29 is 4.39 Å². The van der Waals surface area contributed by atoms with Crippen molar-refractivity contribution in [1.82, 2.24) is 9.55 Å². The fraction of sp³-hybridized carbons (Fsp3) is 0.118. The summed E-state index contributed by atoms with van der Waals surface area (Å²) in [4.78, 5) is 4.36. The summed E-state index contributed by atoms with van der Waals surface area (Å²) >= 11 is 12.3. The van der Waals surface area contributed by atoms with E-state index in [9.17, 15) is 4.39 Å². The number of aromatic nitrogens is 2. The molecule has 0 spiro atoms. The van der Waals surface area contributed by atoms with Gasteiger partial charge in [0.05, 0.1) is 11.9 Å². The largest absolute Gasteiger partial charge is 0.351 e. The fourth-order valence-electron chi connectivity index (χ4n) is 2.33. The Morgan fingerprint density at radius 1 is 1.09 bits per heavy atom. The quantitative estimate of drug-likeness (QED) is 0.706. The van der Waals surface area contributed by atoms with Crippen LogP contribution >= 0.6 is 23.2 Å². The Labute approximate surface area is 143 Å². The smallest absolute Gasteiger partial charge is 0.203 e. The molecule has 6 heteroatoms. The Kier molecular flexibility index (Phi) is 4.55. The lowest BCUT2D eigenvalue weighted by Gasteiger charge is -2.10. The van der Waals surface area contributed by atoms with Crippen molar-refractivity contribution in [2.45, 2.75) is 6.54 Å². The fourth-order valence-corrected chi connectivity index (χ4v) is 2.86. The van der Waals surface area contributed by atoms with Gasteiger partial charge in [-0.3, -0.25) is 0 Å². The van der Waals surface area contributed by atoms with Crippen molar-refractivity contribution >= 4 is 29.2 Å². The molecule has 118 valence electrons. The van der Waals surface area contributed by atoms with E-state index in [0.717, 1.165) is 16.8 Å². The van der Waals surface area contributed by atoms with Crippen LogP contribution in [-0.4, -0.2) is 9.55 Å². The van der Waals surface area contributed by atoms with E-state index < -0.39 is 0 Å². The molecule has 23 heavy (non-hydrogen) atoms. The first-order chi connectivity index (χ1) is 11.1. The molecule has 0 unspecified atom stereocenters. The van der Waals surface area contributed by atoms with Crippen LogP contribution in [-0.2, 0) is 13.6 Å². The lowest BCUT2D eigenvalue weighted by atomic mass is 10.2. The van der Waals surface area contributed by atoms with Gasteiger partial charge in [-0.25, -0.2) is 9.37 Å². The molecule has 0 fully saturated rings. The van der Waals surface area contributed by atoms with Crippen molar-refractivity contribution in [3.05, 3.63) is 70.1 Å². The molecular weight excluding hydrogens is 336 g/mol. The maximum Gasteiger partial charge on any atom is 0.203 e. The van der Waals surface area contributed by atoms with Gasteiger partial charge in [-0.15, -0.1) is 0 Å². The highest BCUT2D eigenvalue weighted by Crippen LogP contribution is 2.26. The van der Waals surface area contributed by atoms with Gasteiger partial charge in [-0.2, -0.15) is 0 Å². The average molecular weight is 350 g/mol. The second-order valence-corrected chi connectivity index (χ2v) is 5.90. The van der Waals surface area contributed by atoms with Crippen molar-refractivity contribution in [3.63, 3.8) is 0 Å². The zero-order valence-electron chi connectivity index (χ0n) is 12.4. The van der Waals surface area contributed by atoms with E-state index in [1.807, 2.05) is 17.7 Å². The highest BCUT2D eigenvalue weighted by molar-refractivity contribution is 6.36. The summed E-state index contributed by atoms with van der Waals surface area (Å²) in [6, 6.07) is 11.7. The van der Waals surface area contributed by atoms with Gasteiger partial charge in [0.15, 0.2) is 0 Å². The van der Waals surface area contributed by atoms with Crippen LogP contribution in [0.4, 0.5) is 10.3 Å². The molecule has 3 rings (SSSR count). The SMILES string of the molecule is Cn1c(-c2ccc(F)cc2)cnc1NCc1c(Cl)cccc1Cl. The van der Waals surface area contributed by atoms with Crippen molar-refractivity contribution in [1.29, 1.82) is 0 Å².